The highest BCUT2D eigenvalue weighted by Gasteiger charge is 2.16. The third-order valence-corrected chi connectivity index (χ3v) is 3.06. The highest BCUT2D eigenvalue weighted by atomic mass is 16.5. The number of nitrogens with one attached hydrogen (secondary N) is 1. The fourth-order valence-corrected chi connectivity index (χ4v) is 2.10. The van der Waals surface area contributed by atoms with E-state index in [1.807, 2.05) is 7.05 Å². The number of ether oxygens (including phenoxy) is 1. The molecule has 1 aromatic carbocycles. The summed E-state index contributed by atoms with van der Waals surface area (Å²) in [5, 5.41) is 3.40. The van der Waals surface area contributed by atoms with E-state index in [0.29, 0.717) is 18.1 Å². The summed E-state index contributed by atoms with van der Waals surface area (Å²) >= 11 is 0. The van der Waals surface area contributed by atoms with Crippen molar-refractivity contribution < 1.29 is 4.74 Å². The average Bonchev–Trinajstić information content (AvgIpc) is 2.31. The zero-order chi connectivity index (χ0) is 12.7. The van der Waals surface area contributed by atoms with Crippen molar-refractivity contribution in [2.24, 2.45) is 5.92 Å². The van der Waals surface area contributed by atoms with Gasteiger partial charge in [-0.1, -0.05) is 37.3 Å². The minimum absolute atomic E-state index is 0.326. The van der Waals surface area contributed by atoms with Crippen molar-refractivity contribution in [2.45, 2.75) is 39.3 Å². The molecule has 2 nitrogen and oxygen atoms in total. The van der Waals surface area contributed by atoms with Gasteiger partial charge in [0.1, 0.15) is 0 Å². The van der Waals surface area contributed by atoms with Gasteiger partial charge in [0, 0.05) is 12.6 Å². The second kappa shape index (κ2) is 7.46. The van der Waals surface area contributed by atoms with Crippen LogP contribution in [0.5, 0.6) is 0 Å². The maximum atomic E-state index is 5.62. The first-order valence-electron chi connectivity index (χ1n) is 6.49. The van der Waals surface area contributed by atoms with Crippen molar-refractivity contribution in [3.8, 4) is 0 Å². The number of hydrogen-bond acceptors (Lipinski definition) is 2. The number of hydrogen-bond donors (Lipinski definition) is 1. The summed E-state index contributed by atoms with van der Waals surface area (Å²) in [6.07, 6.45) is 1.41. The van der Waals surface area contributed by atoms with Gasteiger partial charge in [-0.2, -0.15) is 0 Å². The number of rotatable bonds is 7. The topological polar surface area (TPSA) is 21.3 Å². The average molecular weight is 235 g/mol. The van der Waals surface area contributed by atoms with Gasteiger partial charge in [0.25, 0.3) is 0 Å². The Bertz CT molecular complexity index is 297. The Labute approximate surface area is 105 Å². The molecule has 0 radical (unpaired) electrons. The molecule has 0 saturated heterocycles. The van der Waals surface area contributed by atoms with E-state index in [1.54, 1.807) is 0 Å². The molecule has 0 aromatic heterocycles. The second-order valence-electron chi connectivity index (χ2n) is 4.86. The highest BCUT2D eigenvalue weighted by Crippen LogP contribution is 2.23. The van der Waals surface area contributed by atoms with E-state index in [9.17, 15) is 0 Å². The molecule has 1 N–H and O–H groups in total. The van der Waals surface area contributed by atoms with E-state index in [0.717, 1.165) is 13.0 Å². The van der Waals surface area contributed by atoms with Crippen LogP contribution in [0.3, 0.4) is 0 Å². The summed E-state index contributed by atoms with van der Waals surface area (Å²) in [5.41, 5.74) is 1.35. The quantitative estimate of drug-likeness (QED) is 0.782. The molecule has 0 heterocycles. The van der Waals surface area contributed by atoms with Gasteiger partial charge in [-0.25, -0.2) is 0 Å². The van der Waals surface area contributed by atoms with E-state index in [4.69, 9.17) is 4.74 Å². The van der Waals surface area contributed by atoms with Gasteiger partial charge < -0.3 is 10.1 Å². The van der Waals surface area contributed by atoms with E-state index < -0.39 is 0 Å². The predicted octanol–water partition coefficient (Wildman–Crippen LogP) is 3.40. The monoisotopic (exact) mass is 235 g/mol. The molecular formula is C15H25NO. The lowest BCUT2D eigenvalue weighted by Gasteiger charge is -2.24. The zero-order valence-electron chi connectivity index (χ0n) is 11.4. The molecule has 2 atom stereocenters. The molecule has 0 bridgehead atoms. The van der Waals surface area contributed by atoms with Gasteiger partial charge in [0.15, 0.2) is 0 Å². The van der Waals surface area contributed by atoms with Crippen LogP contribution >= 0.6 is 0 Å². The maximum Gasteiger partial charge on any atom is 0.0518 e. The van der Waals surface area contributed by atoms with Crippen molar-refractivity contribution in [2.75, 3.05) is 13.7 Å². The lowest BCUT2D eigenvalue weighted by Crippen LogP contribution is -2.24. The Morgan fingerprint density at radius 3 is 2.29 bits per heavy atom. The summed E-state index contributed by atoms with van der Waals surface area (Å²) in [5.74, 6) is 0.571. The lowest BCUT2D eigenvalue weighted by molar-refractivity contribution is 0.0666. The Balaban J connectivity index is 2.50. The smallest absolute Gasteiger partial charge is 0.0518 e. The van der Waals surface area contributed by atoms with Crippen LogP contribution in [0.2, 0.25) is 0 Å². The van der Waals surface area contributed by atoms with E-state index >= 15 is 0 Å². The number of benzene rings is 1. The van der Waals surface area contributed by atoms with Gasteiger partial charge >= 0.3 is 0 Å². The van der Waals surface area contributed by atoms with Crippen LogP contribution in [0, 0.1) is 5.92 Å². The second-order valence-corrected chi connectivity index (χ2v) is 4.86. The molecule has 1 aromatic rings. The molecule has 0 fully saturated rings. The van der Waals surface area contributed by atoms with Crippen LogP contribution in [0.15, 0.2) is 30.3 Å². The van der Waals surface area contributed by atoms with Crippen molar-refractivity contribution in [1.82, 2.24) is 5.32 Å². The predicted molar refractivity (Wildman–Crippen MR) is 73.1 cm³/mol. The molecule has 2 unspecified atom stereocenters. The first kappa shape index (κ1) is 14.2. The van der Waals surface area contributed by atoms with Crippen LogP contribution in [-0.2, 0) is 4.74 Å². The van der Waals surface area contributed by atoms with Gasteiger partial charge in [0.2, 0.25) is 0 Å². The van der Waals surface area contributed by atoms with E-state index in [2.05, 4.69) is 56.4 Å². The maximum absolute atomic E-state index is 5.62. The standard InChI is InChI=1S/C15H25NO/c1-12(2)17-11-10-13(3)15(16-4)14-8-6-5-7-9-14/h5-9,12-13,15-16H,10-11H2,1-4H3. The van der Waals surface area contributed by atoms with Gasteiger partial charge in [-0.05, 0) is 38.8 Å². The van der Waals surface area contributed by atoms with Gasteiger partial charge in [0.05, 0.1) is 6.10 Å². The SMILES string of the molecule is CNC(c1ccccc1)C(C)CCOC(C)C. The zero-order valence-corrected chi connectivity index (χ0v) is 11.4. The van der Waals surface area contributed by atoms with Crippen LogP contribution in [-0.4, -0.2) is 19.8 Å². The Morgan fingerprint density at radius 2 is 1.76 bits per heavy atom. The summed E-state index contributed by atoms with van der Waals surface area (Å²) < 4.78 is 5.62. The van der Waals surface area contributed by atoms with Gasteiger partial charge in [-0.15, -0.1) is 0 Å². The molecule has 0 aliphatic carbocycles. The molecule has 0 amide bonds. The molecule has 2 heteroatoms. The molecule has 1 rings (SSSR count). The van der Waals surface area contributed by atoms with Crippen molar-refractivity contribution in [3.05, 3.63) is 35.9 Å². The molecule has 0 spiro atoms. The summed E-state index contributed by atoms with van der Waals surface area (Å²) in [7, 11) is 2.03. The third-order valence-electron chi connectivity index (χ3n) is 3.06. The first-order valence-corrected chi connectivity index (χ1v) is 6.49. The molecule has 17 heavy (non-hydrogen) atoms. The summed E-state index contributed by atoms with van der Waals surface area (Å²) in [6.45, 7) is 7.27. The lowest BCUT2D eigenvalue weighted by atomic mass is 9.92. The van der Waals surface area contributed by atoms with E-state index in [1.165, 1.54) is 5.56 Å². The van der Waals surface area contributed by atoms with Crippen LogP contribution in [0.1, 0.15) is 38.8 Å². The minimum Gasteiger partial charge on any atom is -0.379 e. The fraction of sp³-hybridized carbons (Fsp3) is 0.600. The molecule has 0 saturated carbocycles. The van der Waals surface area contributed by atoms with Crippen LogP contribution in [0.4, 0.5) is 0 Å². The van der Waals surface area contributed by atoms with E-state index in [-0.39, 0.29) is 0 Å². The Morgan fingerprint density at radius 1 is 1.12 bits per heavy atom. The van der Waals surface area contributed by atoms with Crippen molar-refractivity contribution >= 4 is 0 Å². The van der Waals surface area contributed by atoms with Gasteiger partial charge in [-0.3, -0.25) is 0 Å². The molecule has 0 aliphatic rings. The summed E-state index contributed by atoms with van der Waals surface area (Å²) in [6, 6.07) is 11.0. The Hall–Kier alpha value is -0.860. The fourth-order valence-electron chi connectivity index (χ4n) is 2.10. The summed E-state index contributed by atoms with van der Waals surface area (Å²) in [4.78, 5) is 0. The third kappa shape index (κ3) is 4.88. The van der Waals surface area contributed by atoms with Crippen LogP contribution in [0.25, 0.3) is 0 Å². The molecule has 96 valence electrons. The molecule has 0 aliphatic heterocycles. The first-order chi connectivity index (χ1) is 8.15. The highest BCUT2D eigenvalue weighted by molar-refractivity contribution is 5.19. The normalized spacial score (nSPS) is 14.9. The Kier molecular flexibility index (Phi) is 6.23. The van der Waals surface area contributed by atoms with Crippen molar-refractivity contribution in [3.63, 3.8) is 0 Å². The molecular weight excluding hydrogens is 210 g/mol. The van der Waals surface area contributed by atoms with Crippen LogP contribution < -0.4 is 5.32 Å². The largest absolute Gasteiger partial charge is 0.379 e. The van der Waals surface area contributed by atoms with Crippen molar-refractivity contribution in [1.29, 1.82) is 0 Å². The minimum atomic E-state index is 0.326.